The molecule has 0 amide bonds. The Labute approximate surface area is 394 Å². The van der Waals surface area contributed by atoms with Crippen LogP contribution in [0, 0.1) is 27.7 Å². The van der Waals surface area contributed by atoms with Gasteiger partial charge in [0, 0.05) is 72.2 Å². The zero-order valence-corrected chi connectivity index (χ0v) is 43.0. The van der Waals surface area contributed by atoms with E-state index in [0.717, 1.165) is 26.2 Å². The van der Waals surface area contributed by atoms with Crippen molar-refractivity contribution in [1.29, 1.82) is 0 Å². The minimum Gasteiger partial charge on any atom is -1.00 e. The third-order valence-electron chi connectivity index (χ3n) is 11.3. The standard InChI is InChI=1S/C50H70N4.4BrH/c1-9-13-17-25-51-29-21-39(5)47(35-51)43-33-45(49-37-53(27-19-15-11-3)31-23-41(49)7)46(50-38-54(28-20-16-12-4)32-24-42(50)8)34-44(43)48-36-52(26-18-14-10-2)30-22-40(48)6;;;;/h21-24,29-38H,9-20,25-28H2,1-8H3;4*1H/q+4;;;;/p-4. The Morgan fingerprint density at radius 1 is 0.310 bits per heavy atom. The van der Waals surface area contributed by atoms with Gasteiger partial charge < -0.3 is 67.9 Å². The molecule has 0 aliphatic carbocycles. The molecule has 58 heavy (non-hydrogen) atoms. The van der Waals surface area contributed by atoms with Crippen LogP contribution in [0.1, 0.15) is 127 Å². The van der Waals surface area contributed by atoms with Gasteiger partial charge in [-0.2, -0.15) is 0 Å². The van der Waals surface area contributed by atoms with Crippen molar-refractivity contribution in [2.45, 2.75) is 159 Å². The topological polar surface area (TPSA) is 15.5 Å². The highest BCUT2D eigenvalue weighted by Crippen LogP contribution is 2.44. The van der Waals surface area contributed by atoms with E-state index in [-0.39, 0.29) is 67.9 Å². The molecule has 5 aromatic rings. The first-order chi connectivity index (χ1) is 26.3. The lowest BCUT2D eigenvalue weighted by Crippen LogP contribution is -3.00. The van der Waals surface area contributed by atoms with Crippen molar-refractivity contribution in [2.75, 3.05) is 0 Å². The molecule has 0 N–H and O–H groups in total. The van der Waals surface area contributed by atoms with Gasteiger partial charge in [0.15, 0.2) is 49.6 Å². The first-order valence-electron chi connectivity index (χ1n) is 21.5. The van der Waals surface area contributed by atoms with E-state index in [1.807, 2.05) is 0 Å². The Morgan fingerprint density at radius 3 is 0.707 bits per heavy atom. The van der Waals surface area contributed by atoms with Crippen LogP contribution < -0.4 is 86.2 Å². The highest BCUT2D eigenvalue weighted by Gasteiger charge is 2.25. The third-order valence-corrected chi connectivity index (χ3v) is 11.3. The zero-order valence-electron chi connectivity index (χ0n) is 36.7. The third kappa shape index (κ3) is 14.4. The summed E-state index contributed by atoms with van der Waals surface area (Å²) in [6.07, 6.45) is 33.6. The second-order valence-corrected chi connectivity index (χ2v) is 15.9. The van der Waals surface area contributed by atoms with E-state index >= 15 is 0 Å². The maximum Gasteiger partial charge on any atom is 0.176 e. The number of hydrogen-bond acceptors (Lipinski definition) is 0. The van der Waals surface area contributed by atoms with E-state index in [0.29, 0.717) is 0 Å². The molecule has 1 aromatic carbocycles. The number of nitrogens with zero attached hydrogens (tertiary/aromatic N) is 4. The Balaban J connectivity index is 0.00000420. The van der Waals surface area contributed by atoms with E-state index in [4.69, 9.17) is 0 Å². The van der Waals surface area contributed by atoms with Crippen LogP contribution >= 0.6 is 0 Å². The van der Waals surface area contributed by atoms with Crippen molar-refractivity contribution in [3.8, 4) is 44.5 Å². The van der Waals surface area contributed by atoms with Gasteiger partial charge in [-0.25, -0.2) is 18.3 Å². The van der Waals surface area contributed by atoms with Crippen LogP contribution in [0.25, 0.3) is 44.5 Å². The Morgan fingerprint density at radius 2 is 0.517 bits per heavy atom. The van der Waals surface area contributed by atoms with Crippen LogP contribution in [-0.4, -0.2) is 0 Å². The molecule has 0 bridgehead atoms. The van der Waals surface area contributed by atoms with Gasteiger partial charge in [-0.05, 0) is 110 Å². The summed E-state index contributed by atoms with van der Waals surface area (Å²) >= 11 is 0. The highest BCUT2D eigenvalue weighted by atomic mass is 79.9. The number of pyridine rings is 4. The maximum atomic E-state index is 2.56. The second kappa shape index (κ2) is 27.6. The van der Waals surface area contributed by atoms with Crippen LogP contribution in [0.15, 0.2) is 86.0 Å². The van der Waals surface area contributed by atoms with E-state index in [1.54, 1.807) is 0 Å². The summed E-state index contributed by atoms with van der Waals surface area (Å²) in [6.45, 7) is 22.5. The summed E-state index contributed by atoms with van der Waals surface area (Å²) in [5, 5.41) is 0. The molecule has 0 saturated heterocycles. The van der Waals surface area contributed by atoms with Crippen molar-refractivity contribution >= 4 is 0 Å². The van der Waals surface area contributed by atoms with E-state index in [2.05, 4.69) is 160 Å². The van der Waals surface area contributed by atoms with Crippen LogP contribution in [0.4, 0.5) is 0 Å². The van der Waals surface area contributed by atoms with Gasteiger partial charge in [0.25, 0.3) is 0 Å². The first-order valence-corrected chi connectivity index (χ1v) is 21.5. The minimum atomic E-state index is 0. The number of aryl methyl sites for hydroxylation is 8. The zero-order chi connectivity index (χ0) is 38.5. The normalized spacial score (nSPS) is 10.6. The summed E-state index contributed by atoms with van der Waals surface area (Å²) in [5.74, 6) is 0. The quantitative estimate of drug-likeness (QED) is 0.0741. The summed E-state index contributed by atoms with van der Waals surface area (Å²) < 4.78 is 9.70. The van der Waals surface area contributed by atoms with Crippen LogP contribution in [-0.2, 0) is 26.2 Å². The molecule has 0 saturated carbocycles. The highest BCUT2D eigenvalue weighted by molar-refractivity contribution is 5.96. The Bertz CT molecular complexity index is 1710. The summed E-state index contributed by atoms with van der Waals surface area (Å²) in [5.41, 5.74) is 15.8. The molecule has 0 atom stereocenters. The van der Waals surface area contributed by atoms with Crippen molar-refractivity contribution < 1.29 is 86.2 Å². The molecule has 0 radical (unpaired) electrons. The minimum absolute atomic E-state index is 0. The van der Waals surface area contributed by atoms with Crippen molar-refractivity contribution in [3.05, 3.63) is 108 Å². The summed E-state index contributed by atoms with van der Waals surface area (Å²) in [6, 6.07) is 14.4. The average molecular weight is 1050 g/mol. The van der Waals surface area contributed by atoms with Gasteiger partial charge in [0.1, 0.15) is 26.2 Å². The van der Waals surface area contributed by atoms with Crippen molar-refractivity contribution in [3.63, 3.8) is 0 Å². The predicted molar refractivity (Wildman–Crippen MR) is 226 cm³/mol. The van der Waals surface area contributed by atoms with Gasteiger partial charge >= 0.3 is 0 Å². The van der Waals surface area contributed by atoms with Gasteiger partial charge in [0.05, 0.1) is 0 Å². The van der Waals surface area contributed by atoms with Gasteiger partial charge in [-0.15, -0.1) is 0 Å². The second-order valence-electron chi connectivity index (χ2n) is 15.9. The number of benzene rings is 1. The van der Waals surface area contributed by atoms with Crippen molar-refractivity contribution in [1.82, 2.24) is 0 Å². The molecule has 0 unspecified atom stereocenters. The number of rotatable bonds is 20. The van der Waals surface area contributed by atoms with E-state index in [1.165, 1.54) is 144 Å². The number of aromatic nitrogens is 4. The fourth-order valence-corrected chi connectivity index (χ4v) is 7.78. The molecule has 0 aliphatic heterocycles. The maximum absolute atomic E-state index is 2.56. The fraction of sp³-hybridized carbons (Fsp3) is 0.480. The largest absolute Gasteiger partial charge is 1.00 e. The molecule has 8 heteroatoms. The lowest BCUT2D eigenvalue weighted by Gasteiger charge is -2.20. The average Bonchev–Trinajstić information content (AvgIpc) is 3.17. The summed E-state index contributed by atoms with van der Waals surface area (Å²) in [4.78, 5) is 0. The van der Waals surface area contributed by atoms with E-state index in [9.17, 15) is 0 Å². The molecule has 0 spiro atoms. The lowest BCUT2D eigenvalue weighted by molar-refractivity contribution is -0.697. The van der Waals surface area contributed by atoms with Gasteiger partial charge in [-0.1, -0.05) is 53.4 Å². The van der Waals surface area contributed by atoms with Gasteiger partial charge in [-0.3, -0.25) is 0 Å². The van der Waals surface area contributed by atoms with Crippen LogP contribution in [0.3, 0.4) is 0 Å². The molecular formula is C50H70Br4N4. The number of halogens is 4. The molecule has 4 aromatic heterocycles. The smallest absolute Gasteiger partial charge is 0.176 e. The Kier molecular flexibility index (Phi) is 25.5. The first kappa shape index (κ1) is 53.8. The molecule has 318 valence electrons. The SMILES string of the molecule is CCCCC[n+]1ccc(C)c(-c2cc(-c3c[n+](CCCCC)ccc3C)c(-c3c[n+](CCCCC)ccc3C)cc2-c2c[n+](CCCCC)ccc2C)c1.[Br-].[Br-].[Br-].[Br-]. The molecule has 5 rings (SSSR count). The summed E-state index contributed by atoms with van der Waals surface area (Å²) in [7, 11) is 0. The van der Waals surface area contributed by atoms with E-state index < -0.39 is 0 Å². The molecule has 4 heterocycles. The molecule has 0 aliphatic rings. The number of hydrogen-bond donors (Lipinski definition) is 0. The Hall–Kier alpha value is -2.26. The van der Waals surface area contributed by atoms with Gasteiger partial charge in [0.2, 0.25) is 0 Å². The predicted octanol–water partition coefficient (Wildman–Crippen LogP) is -0.485. The van der Waals surface area contributed by atoms with Crippen LogP contribution in [0.5, 0.6) is 0 Å². The molecule has 4 nitrogen and oxygen atoms in total. The molecular weight excluding hydrogens is 976 g/mol. The molecule has 0 fully saturated rings. The monoisotopic (exact) mass is 1040 g/mol. The van der Waals surface area contributed by atoms with Crippen LogP contribution in [0.2, 0.25) is 0 Å². The number of unbranched alkanes of at least 4 members (excludes halogenated alkanes) is 8. The fourth-order valence-electron chi connectivity index (χ4n) is 7.78. The lowest BCUT2D eigenvalue weighted by atomic mass is 9.83. The van der Waals surface area contributed by atoms with Crippen molar-refractivity contribution in [2.24, 2.45) is 0 Å².